The van der Waals surface area contributed by atoms with Crippen molar-refractivity contribution in [3.63, 3.8) is 0 Å². The highest BCUT2D eigenvalue weighted by Crippen LogP contribution is 2.23. The Bertz CT molecular complexity index is 758. The Balaban J connectivity index is 1.71. The summed E-state index contributed by atoms with van der Waals surface area (Å²) in [7, 11) is 0. The first-order chi connectivity index (χ1) is 13.1. The van der Waals surface area contributed by atoms with Crippen LogP contribution in [0.25, 0.3) is 11.0 Å². The molecule has 1 aromatic heterocycles. The molecule has 2 N–H and O–H groups in total. The second kappa shape index (κ2) is 9.26. The van der Waals surface area contributed by atoms with Gasteiger partial charge in [0.15, 0.2) is 0 Å². The average molecular weight is 389 g/mol. The number of carbonyl (C=O) groups excluding carboxylic acids is 2. The van der Waals surface area contributed by atoms with E-state index < -0.39 is 0 Å². The number of para-hydroxylation sites is 2. The number of hydrogen-bond acceptors (Lipinski definition) is 4. The maximum Gasteiger partial charge on any atom is 0.225 e. The highest BCUT2D eigenvalue weighted by molar-refractivity contribution is 7.98. The van der Waals surface area contributed by atoms with E-state index in [9.17, 15) is 9.59 Å². The molecule has 0 bridgehead atoms. The second-order valence-corrected chi connectivity index (χ2v) is 8.00. The fourth-order valence-corrected chi connectivity index (χ4v) is 4.05. The standard InChI is InChI=1S/C20H28N4O2S/c1-3-18(25)24-11-6-7-14(13-24)20(26)23-17(10-12-27-2)19-21-15-8-4-5-9-16(15)22-19/h4-5,8-9,14,17H,3,6-7,10-13H2,1-2H3,(H,21,22)(H,23,26)/t14-,17+/m0/s1. The third kappa shape index (κ3) is 4.83. The molecule has 0 saturated carbocycles. The van der Waals surface area contributed by atoms with Gasteiger partial charge in [0.05, 0.1) is 23.0 Å². The molecule has 1 fully saturated rings. The Hall–Kier alpha value is -2.02. The van der Waals surface area contributed by atoms with Crippen molar-refractivity contribution in [3.05, 3.63) is 30.1 Å². The van der Waals surface area contributed by atoms with E-state index in [4.69, 9.17) is 0 Å². The number of amides is 2. The number of thioether (sulfide) groups is 1. The molecule has 2 aromatic rings. The molecule has 2 heterocycles. The highest BCUT2D eigenvalue weighted by Gasteiger charge is 2.29. The van der Waals surface area contributed by atoms with E-state index in [0.29, 0.717) is 13.0 Å². The van der Waals surface area contributed by atoms with Gasteiger partial charge in [0.2, 0.25) is 11.8 Å². The molecule has 3 rings (SSSR count). The number of benzene rings is 1. The summed E-state index contributed by atoms with van der Waals surface area (Å²) in [6.07, 6.45) is 5.08. The third-order valence-electron chi connectivity index (χ3n) is 5.11. The van der Waals surface area contributed by atoms with Crippen molar-refractivity contribution in [2.24, 2.45) is 5.92 Å². The summed E-state index contributed by atoms with van der Waals surface area (Å²) < 4.78 is 0. The molecule has 0 unspecified atom stereocenters. The van der Waals surface area contributed by atoms with Gasteiger partial charge < -0.3 is 15.2 Å². The molecule has 7 heteroatoms. The van der Waals surface area contributed by atoms with Crippen molar-refractivity contribution in [2.45, 2.75) is 38.6 Å². The number of nitrogens with zero attached hydrogens (tertiary/aromatic N) is 2. The number of nitrogens with one attached hydrogen (secondary N) is 2. The first kappa shape index (κ1) is 19.7. The molecule has 2 atom stereocenters. The molecule has 2 amide bonds. The first-order valence-corrected chi connectivity index (χ1v) is 11.0. The monoisotopic (exact) mass is 388 g/mol. The number of aromatic nitrogens is 2. The lowest BCUT2D eigenvalue weighted by Crippen LogP contribution is -2.46. The molecular formula is C20H28N4O2S. The van der Waals surface area contributed by atoms with E-state index >= 15 is 0 Å². The van der Waals surface area contributed by atoms with Crippen molar-refractivity contribution in [1.29, 1.82) is 0 Å². The zero-order chi connectivity index (χ0) is 19.2. The highest BCUT2D eigenvalue weighted by atomic mass is 32.2. The molecule has 27 heavy (non-hydrogen) atoms. The van der Waals surface area contributed by atoms with Gasteiger partial charge in [-0.25, -0.2) is 4.98 Å². The van der Waals surface area contributed by atoms with Crippen molar-refractivity contribution in [3.8, 4) is 0 Å². The van der Waals surface area contributed by atoms with Crippen LogP contribution in [-0.2, 0) is 9.59 Å². The van der Waals surface area contributed by atoms with Crippen LogP contribution in [0.2, 0.25) is 0 Å². The van der Waals surface area contributed by atoms with Crippen LogP contribution in [0.1, 0.15) is 44.5 Å². The van der Waals surface area contributed by atoms with E-state index in [0.717, 1.165) is 48.4 Å². The molecule has 1 aliphatic rings. The third-order valence-corrected chi connectivity index (χ3v) is 5.76. The predicted octanol–water partition coefficient (Wildman–Crippen LogP) is 3.12. The minimum Gasteiger partial charge on any atom is -0.346 e. The number of H-pyrrole nitrogens is 1. The van der Waals surface area contributed by atoms with Crippen molar-refractivity contribution >= 4 is 34.6 Å². The number of likely N-dealkylation sites (tertiary alicyclic amines) is 1. The van der Waals surface area contributed by atoms with Gasteiger partial charge in [-0.15, -0.1) is 0 Å². The van der Waals surface area contributed by atoms with Crippen LogP contribution in [-0.4, -0.2) is 51.8 Å². The fraction of sp³-hybridized carbons (Fsp3) is 0.550. The van der Waals surface area contributed by atoms with Crippen molar-refractivity contribution in [2.75, 3.05) is 25.1 Å². The largest absolute Gasteiger partial charge is 0.346 e. The Morgan fingerprint density at radius 1 is 1.41 bits per heavy atom. The lowest BCUT2D eigenvalue weighted by atomic mass is 9.96. The zero-order valence-corrected chi connectivity index (χ0v) is 16.8. The topological polar surface area (TPSA) is 78.1 Å². The van der Waals surface area contributed by atoms with E-state index in [1.54, 1.807) is 11.8 Å². The molecule has 0 radical (unpaired) electrons. The number of imidazole rings is 1. The molecular weight excluding hydrogens is 360 g/mol. The smallest absolute Gasteiger partial charge is 0.225 e. The molecule has 1 saturated heterocycles. The van der Waals surface area contributed by atoms with E-state index in [-0.39, 0.29) is 23.8 Å². The Labute approximate surface area is 164 Å². The van der Waals surface area contributed by atoms with Crippen LogP contribution in [0.3, 0.4) is 0 Å². The number of rotatable bonds is 7. The van der Waals surface area contributed by atoms with Crippen LogP contribution in [0.4, 0.5) is 0 Å². The van der Waals surface area contributed by atoms with Crippen LogP contribution in [0, 0.1) is 5.92 Å². The van der Waals surface area contributed by atoms with Crippen LogP contribution in [0.5, 0.6) is 0 Å². The summed E-state index contributed by atoms with van der Waals surface area (Å²) in [6.45, 7) is 3.15. The minimum atomic E-state index is -0.144. The van der Waals surface area contributed by atoms with Gasteiger partial charge in [-0.05, 0) is 43.4 Å². The normalized spacial score (nSPS) is 18.4. The number of piperidine rings is 1. The van der Waals surface area contributed by atoms with Gasteiger partial charge in [0.1, 0.15) is 5.82 Å². The second-order valence-electron chi connectivity index (χ2n) is 7.01. The predicted molar refractivity (Wildman–Crippen MR) is 110 cm³/mol. The number of fused-ring (bicyclic) bond motifs is 1. The fourth-order valence-electron chi connectivity index (χ4n) is 3.58. The van der Waals surface area contributed by atoms with Gasteiger partial charge in [-0.3, -0.25) is 9.59 Å². The van der Waals surface area contributed by atoms with E-state index in [1.807, 2.05) is 36.1 Å². The van der Waals surface area contributed by atoms with Gasteiger partial charge in [0.25, 0.3) is 0 Å². The summed E-state index contributed by atoms with van der Waals surface area (Å²) in [5.41, 5.74) is 1.89. The summed E-state index contributed by atoms with van der Waals surface area (Å²) in [5, 5.41) is 3.19. The molecule has 0 aliphatic carbocycles. The Morgan fingerprint density at radius 3 is 2.96 bits per heavy atom. The molecule has 6 nitrogen and oxygen atoms in total. The average Bonchev–Trinajstić information content (AvgIpc) is 3.14. The zero-order valence-electron chi connectivity index (χ0n) is 16.0. The molecule has 146 valence electrons. The minimum absolute atomic E-state index is 0.0233. The van der Waals surface area contributed by atoms with E-state index in [1.165, 1.54) is 0 Å². The SMILES string of the molecule is CCC(=O)N1CCC[C@H](C(=O)N[C@H](CCSC)c2nc3ccccc3[nH]2)C1. The van der Waals surface area contributed by atoms with Crippen LogP contribution < -0.4 is 5.32 Å². The van der Waals surface area contributed by atoms with Gasteiger partial charge in [0, 0.05) is 19.5 Å². The lowest BCUT2D eigenvalue weighted by Gasteiger charge is -2.32. The first-order valence-electron chi connectivity index (χ1n) is 9.64. The number of hydrogen-bond donors (Lipinski definition) is 2. The van der Waals surface area contributed by atoms with Gasteiger partial charge in [-0.2, -0.15) is 11.8 Å². The quantitative estimate of drug-likeness (QED) is 0.764. The lowest BCUT2D eigenvalue weighted by molar-refractivity contribution is -0.135. The maximum absolute atomic E-state index is 12.9. The number of carbonyl (C=O) groups is 2. The van der Waals surface area contributed by atoms with Crippen LogP contribution in [0.15, 0.2) is 24.3 Å². The van der Waals surface area contributed by atoms with Gasteiger partial charge >= 0.3 is 0 Å². The molecule has 0 spiro atoms. The number of aromatic amines is 1. The molecule has 1 aliphatic heterocycles. The van der Waals surface area contributed by atoms with Crippen molar-refractivity contribution in [1.82, 2.24) is 20.2 Å². The molecule has 1 aromatic carbocycles. The van der Waals surface area contributed by atoms with E-state index in [2.05, 4.69) is 21.5 Å². The summed E-state index contributed by atoms with van der Waals surface area (Å²) in [5.74, 6) is 1.75. The maximum atomic E-state index is 12.9. The van der Waals surface area contributed by atoms with Crippen LogP contribution >= 0.6 is 11.8 Å². The summed E-state index contributed by atoms with van der Waals surface area (Å²) in [4.78, 5) is 34.8. The van der Waals surface area contributed by atoms with Crippen molar-refractivity contribution < 1.29 is 9.59 Å². The summed E-state index contributed by atoms with van der Waals surface area (Å²) >= 11 is 1.76. The summed E-state index contributed by atoms with van der Waals surface area (Å²) in [6, 6.07) is 7.76. The Kier molecular flexibility index (Phi) is 6.77. The Morgan fingerprint density at radius 2 is 2.22 bits per heavy atom. The van der Waals surface area contributed by atoms with Gasteiger partial charge in [-0.1, -0.05) is 19.1 Å².